The lowest BCUT2D eigenvalue weighted by molar-refractivity contribution is -0.132. The highest BCUT2D eigenvalue weighted by atomic mass is 16.2. The highest BCUT2D eigenvalue weighted by Gasteiger charge is 2.51. The van der Waals surface area contributed by atoms with Gasteiger partial charge in [0.05, 0.1) is 11.9 Å². The van der Waals surface area contributed by atoms with Crippen LogP contribution >= 0.6 is 0 Å². The van der Waals surface area contributed by atoms with Crippen molar-refractivity contribution in [1.82, 2.24) is 20.1 Å². The fourth-order valence-corrected chi connectivity index (χ4v) is 4.34. The van der Waals surface area contributed by atoms with Crippen molar-refractivity contribution < 1.29 is 9.59 Å². The number of hydrogen-bond donors (Lipinski definition) is 1. The van der Waals surface area contributed by atoms with E-state index < -0.39 is 11.6 Å². The van der Waals surface area contributed by atoms with Crippen LogP contribution in [0.2, 0.25) is 0 Å². The third-order valence-electron chi connectivity index (χ3n) is 5.97. The molecule has 7 nitrogen and oxygen atoms in total. The largest absolute Gasteiger partial charge is 0.346 e. The molecule has 7 heteroatoms. The number of aromatic nitrogens is 2. The van der Waals surface area contributed by atoms with E-state index in [4.69, 9.17) is 5.10 Å². The van der Waals surface area contributed by atoms with Crippen LogP contribution in [0.4, 0.5) is 4.79 Å². The van der Waals surface area contributed by atoms with Crippen molar-refractivity contribution in [2.75, 3.05) is 0 Å². The summed E-state index contributed by atoms with van der Waals surface area (Å²) < 4.78 is 1.78. The van der Waals surface area contributed by atoms with Crippen LogP contribution in [0.1, 0.15) is 37.7 Å². The molecule has 3 aromatic rings. The normalized spacial score (nSPS) is 18.1. The molecule has 2 heterocycles. The average Bonchev–Trinajstić information content (AvgIpc) is 3.33. The summed E-state index contributed by atoms with van der Waals surface area (Å²) in [5, 5.41) is 12.9. The number of urea groups is 1. The number of nitrogens with zero attached hydrogens (tertiary/aromatic N) is 4. The molecule has 156 valence electrons. The molecule has 1 N–H and O–H groups in total. The van der Waals surface area contributed by atoms with E-state index in [9.17, 15) is 9.59 Å². The Morgan fingerprint density at radius 2 is 1.61 bits per heavy atom. The lowest BCUT2D eigenvalue weighted by Gasteiger charge is -2.29. The predicted molar refractivity (Wildman–Crippen MR) is 118 cm³/mol. The molecule has 1 aliphatic heterocycles. The maximum absolute atomic E-state index is 13.0. The summed E-state index contributed by atoms with van der Waals surface area (Å²) in [6.07, 6.45) is 7.71. The molecule has 0 atom stereocenters. The van der Waals surface area contributed by atoms with E-state index >= 15 is 0 Å². The number of carbonyl (C=O) groups is 2. The fourth-order valence-electron chi connectivity index (χ4n) is 4.34. The number of benzene rings is 2. The quantitative estimate of drug-likeness (QED) is 0.516. The van der Waals surface area contributed by atoms with E-state index in [1.54, 1.807) is 10.9 Å². The minimum atomic E-state index is -0.789. The van der Waals surface area contributed by atoms with Crippen LogP contribution in [0.5, 0.6) is 0 Å². The highest BCUT2D eigenvalue weighted by Crippen LogP contribution is 2.34. The van der Waals surface area contributed by atoms with Gasteiger partial charge in [-0.3, -0.25) is 4.79 Å². The van der Waals surface area contributed by atoms with Crippen molar-refractivity contribution in [3.8, 4) is 16.9 Å². The van der Waals surface area contributed by atoms with Gasteiger partial charge in [-0.25, -0.2) is 9.48 Å². The van der Waals surface area contributed by atoms with Gasteiger partial charge in [-0.1, -0.05) is 67.8 Å². The minimum absolute atomic E-state index is 0.259. The van der Waals surface area contributed by atoms with Crippen LogP contribution in [-0.4, -0.2) is 38.5 Å². The second-order valence-corrected chi connectivity index (χ2v) is 8.01. The second kappa shape index (κ2) is 7.83. The van der Waals surface area contributed by atoms with E-state index in [-0.39, 0.29) is 5.91 Å². The monoisotopic (exact) mass is 413 g/mol. The van der Waals surface area contributed by atoms with Gasteiger partial charge in [-0.05, 0) is 25.0 Å². The standard InChI is InChI=1S/C24H23N5O2/c30-22-24(14-8-3-9-15-24)26-23(31)29(22)25-16-19-17-28(20-12-6-2-7-13-20)27-21(19)18-10-4-1-5-11-18/h1-2,4-7,10-13,16-17H,3,8-9,14-15H2,(H,26,31)/b25-16+. The average molecular weight is 413 g/mol. The van der Waals surface area contributed by atoms with Gasteiger partial charge in [0.25, 0.3) is 5.91 Å². The molecule has 1 saturated heterocycles. The maximum atomic E-state index is 13.0. The number of amides is 3. The minimum Gasteiger partial charge on any atom is -0.321 e. The van der Waals surface area contributed by atoms with Crippen LogP contribution in [0, 0.1) is 0 Å². The zero-order valence-corrected chi connectivity index (χ0v) is 17.1. The van der Waals surface area contributed by atoms with Crippen molar-refractivity contribution in [3.63, 3.8) is 0 Å². The number of hydrazone groups is 1. The Kier molecular flexibility index (Phi) is 4.86. The maximum Gasteiger partial charge on any atom is 0.346 e. The summed E-state index contributed by atoms with van der Waals surface area (Å²) >= 11 is 0. The Labute approximate surface area is 180 Å². The first-order chi connectivity index (χ1) is 15.2. The first kappa shape index (κ1) is 19.2. The van der Waals surface area contributed by atoms with Gasteiger partial charge >= 0.3 is 6.03 Å². The van der Waals surface area contributed by atoms with Gasteiger partial charge < -0.3 is 5.32 Å². The van der Waals surface area contributed by atoms with E-state index in [1.807, 2.05) is 66.9 Å². The molecule has 0 unspecified atom stereocenters. The highest BCUT2D eigenvalue weighted by molar-refractivity contribution is 6.07. The SMILES string of the molecule is O=C1NC2(CCCCC2)C(=O)N1/N=C/c1cn(-c2ccccc2)nc1-c1ccccc1. The molecule has 1 saturated carbocycles. The number of hydrogen-bond acceptors (Lipinski definition) is 4. The molecule has 0 bridgehead atoms. The molecule has 2 fully saturated rings. The van der Waals surface area contributed by atoms with Crippen LogP contribution in [-0.2, 0) is 4.79 Å². The van der Waals surface area contributed by atoms with E-state index in [0.29, 0.717) is 12.8 Å². The van der Waals surface area contributed by atoms with Crippen LogP contribution < -0.4 is 5.32 Å². The lowest BCUT2D eigenvalue weighted by Crippen LogP contribution is -2.48. The van der Waals surface area contributed by atoms with Gasteiger partial charge in [0.15, 0.2) is 0 Å². The number of para-hydroxylation sites is 1. The molecular formula is C24H23N5O2. The van der Waals surface area contributed by atoms with Crippen LogP contribution in [0.25, 0.3) is 16.9 Å². The Balaban J connectivity index is 1.49. The van der Waals surface area contributed by atoms with Crippen LogP contribution in [0.15, 0.2) is 72.0 Å². The van der Waals surface area contributed by atoms with Crippen molar-refractivity contribution in [2.24, 2.45) is 5.10 Å². The smallest absolute Gasteiger partial charge is 0.321 e. The molecule has 2 aromatic carbocycles. The number of rotatable bonds is 4. The van der Waals surface area contributed by atoms with Gasteiger partial charge in [-0.2, -0.15) is 10.2 Å². The zero-order valence-electron chi connectivity index (χ0n) is 17.1. The molecule has 3 amide bonds. The van der Waals surface area contributed by atoms with Crippen molar-refractivity contribution in [3.05, 3.63) is 72.4 Å². The summed E-state index contributed by atoms with van der Waals surface area (Å²) in [7, 11) is 0. The summed E-state index contributed by atoms with van der Waals surface area (Å²) in [4.78, 5) is 25.5. The van der Waals surface area contributed by atoms with Gasteiger partial charge in [0.1, 0.15) is 11.2 Å². The van der Waals surface area contributed by atoms with E-state index in [0.717, 1.165) is 46.8 Å². The molecule has 2 aliphatic rings. The first-order valence-corrected chi connectivity index (χ1v) is 10.6. The van der Waals surface area contributed by atoms with Gasteiger partial charge in [-0.15, -0.1) is 5.01 Å². The summed E-state index contributed by atoms with van der Waals surface area (Å²) in [6, 6.07) is 19.1. The van der Waals surface area contributed by atoms with E-state index in [1.165, 1.54) is 0 Å². The Morgan fingerprint density at radius 3 is 2.32 bits per heavy atom. The summed E-state index contributed by atoms with van der Waals surface area (Å²) in [6.45, 7) is 0. The summed E-state index contributed by atoms with van der Waals surface area (Å²) in [5.41, 5.74) is 2.51. The molecule has 0 radical (unpaired) electrons. The third-order valence-corrected chi connectivity index (χ3v) is 5.97. The molecule has 31 heavy (non-hydrogen) atoms. The predicted octanol–water partition coefficient (Wildman–Crippen LogP) is 4.13. The fraction of sp³-hybridized carbons (Fsp3) is 0.250. The Hall–Kier alpha value is -3.74. The molecule has 1 aromatic heterocycles. The number of carbonyl (C=O) groups excluding carboxylic acids is 2. The number of nitrogens with one attached hydrogen (secondary N) is 1. The van der Waals surface area contributed by atoms with Crippen molar-refractivity contribution >= 4 is 18.2 Å². The van der Waals surface area contributed by atoms with Crippen LogP contribution in [0.3, 0.4) is 0 Å². The molecule has 5 rings (SSSR count). The van der Waals surface area contributed by atoms with Gasteiger partial charge in [0.2, 0.25) is 0 Å². The van der Waals surface area contributed by atoms with Crippen molar-refractivity contribution in [1.29, 1.82) is 0 Å². The zero-order chi connectivity index (χ0) is 21.3. The lowest BCUT2D eigenvalue weighted by atomic mass is 9.82. The third kappa shape index (κ3) is 3.52. The molecule has 1 aliphatic carbocycles. The Bertz CT molecular complexity index is 1130. The second-order valence-electron chi connectivity index (χ2n) is 8.01. The van der Waals surface area contributed by atoms with Gasteiger partial charge in [0, 0.05) is 17.3 Å². The van der Waals surface area contributed by atoms with Crippen molar-refractivity contribution in [2.45, 2.75) is 37.6 Å². The molecular weight excluding hydrogens is 390 g/mol. The number of imide groups is 1. The Morgan fingerprint density at radius 1 is 0.935 bits per heavy atom. The molecule has 1 spiro atoms. The topological polar surface area (TPSA) is 79.6 Å². The first-order valence-electron chi connectivity index (χ1n) is 10.6. The van der Waals surface area contributed by atoms with E-state index in [2.05, 4.69) is 10.4 Å². The summed E-state index contributed by atoms with van der Waals surface area (Å²) in [5.74, 6) is -0.259.